The molecule has 0 aliphatic heterocycles. The molecule has 57 heavy (non-hydrogen) atoms. The summed E-state index contributed by atoms with van der Waals surface area (Å²) in [6.07, 6.45) is 0. The van der Waals surface area contributed by atoms with Crippen molar-refractivity contribution in [2.24, 2.45) is 0 Å². The molecule has 0 saturated heterocycles. The zero-order valence-electron chi connectivity index (χ0n) is 30.7. The lowest BCUT2D eigenvalue weighted by atomic mass is 9.87. The van der Waals surface area contributed by atoms with Crippen LogP contribution in [0.2, 0.25) is 0 Å². The summed E-state index contributed by atoms with van der Waals surface area (Å²) >= 11 is 1.87. The Labute approximate surface area is 333 Å². The van der Waals surface area contributed by atoms with Gasteiger partial charge in [-0.15, -0.1) is 11.3 Å². The molecule has 12 rings (SSSR count). The van der Waals surface area contributed by atoms with Crippen molar-refractivity contribution in [2.75, 3.05) is 0 Å². The molecular weight excluding hydrogens is 713 g/mol. The fourth-order valence-electron chi connectivity index (χ4n) is 8.94. The average Bonchev–Trinajstić information content (AvgIpc) is 3.94. The van der Waals surface area contributed by atoms with Crippen LogP contribution in [0.5, 0.6) is 0 Å². The molecule has 0 saturated carbocycles. The number of hydrogen-bond acceptors (Lipinski definition) is 4. The molecular formula is C52H32N4S. The molecule has 3 aromatic heterocycles. The molecule has 4 nitrogen and oxygen atoms in total. The monoisotopic (exact) mass is 744 g/mol. The molecule has 3 heterocycles. The van der Waals surface area contributed by atoms with Crippen LogP contribution in [0.4, 0.5) is 0 Å². The van der Waals surface area contributed by atoms with Crippen molar-refractivity contribution in [1.82, 2.24) is 19.5 Å². The maximum Gasteiger partial charge on any atom is 0.238 e. The van der Waals surface area contributed by atoms with Gasteiger partial charge in [0.2, 0.25) is 5.95 Å². The van der Waals surface area contributed by atoms with Crippen molar-refractivity contribution in [3.05, 3.63) is 205 Å². The number of fused-ring (bicyclic) bond motifs is 9. The molecule has 1 aliphatic rings. The van der Waals surface area contributed by atoms with E-state index in [2.05, 4.69) is 132 Å². The first-order valence-electron chi connectivity index (χ1n) is 19.3. The van der Waals surface area contributed by atoms with E-state index in [-0.39, 0.29) is 5.92 Å². The van der Waals surface area contributed by atoms with Gasteiger partial charge >= 0.3 is 0 Å². The summed E-state index contributed by atoms with van der Waals surface area (Å²) in [5, 5.41) is 4.97. The van der Waals surface area contributed by atoms with E-state index >= 15 is 0 Å². The van der Waals surface area contributed by atoms with Crippen molar-refractivity contribution in [2.45, 2.75) is 5.92 Å². The third-order valence-electron chi connectivity index (χ3n) is 11.6. The third kappa shape index (κ3) is 5.10. The second-order valence-electron chi connectivity index (χ2n) is 14.8. The highest BCUT2D eigenvalue weighted by atomic mass is 32.1. The lowest BCUT2D eigenvalue weighted by molar-refractivity contribution is 0.953. The van der Waals surface area contributed by atoms with Gasteiger partial charge in [0.15, 0.2) is 11.6 Å². The number of hydrogen-bond donors (Lipinski definition) is 0. The van der Waals surface area contributed by atoms with Gasteiger partial charge in [0.05, 0.1) is 11.0 Å². The second kappa shape index (κ2) is 12.7. The van der Waals surface area contributed by atoms with Crippen LogP contribution in [-0.2, 0) is 0 Å². The van der Waals surface area contributed by atoms with Gasteiger partial charge < -0.3 is 0 Å². The van der Waals surface area contributed by atoms with Gasteiger partial charge in [-0.1, -0.05) is 146 Å². The third-order valence-corrected chi connectivity index (χ3v) is 12.7. The SMILES string of the molecule is c1ccc(-c2nc(-c3ccccc3)nc(-n3c4ccccc4c4cc(-c5ccc6c(c5)C(c5ccc7sc8ccccc8c7c5)c5ccccc5-6)ccc43)n2)cc1. The van der Waals surface area contributed by atoms with Crippen LogP contribution in [0.25, 0.3) is 93.0 Å². The molecule has 5 heteroatoms. The molecule has 0 fully saturated rings. The van der Waals surface area contributed by atoms with Crippen molar-refractivity contribution in [3.63, 3.8) is 0 Å². The first-order valence-corrected chi connectivity index (χ1v) is 20.1. The summed E-state index contributed by atoms with van der Waals surface area (Å²) in [6, 6.07) is 67.5. The zero-order chi connectivity index (χ0) is 37.5. The minimum absolute atomic E-state index is 0.145. The topological polar surface area (TPSA) is 43.6 Å². The van der Waals surface area contributed by atoms with Gasteiger partial charge in [0, 0.05) is 48.0 Å². The van der Waals surface area contributed by atoms with E-state index in [0.717, 1.165) is 32.9 Å². The van der Waals surface area contributed by atoms with Crippen LogP contribution in [-0.4, -0.2) is 19.5 Å². The Morgan fingerprint density at radius 3 is 1.81 bits per heavy atom. The summed E-state index contributed by atoms with van der Waals surface area (Å²) in [5.41, 5.74) is 13.0. The maximum atomic E-state index is 5.12. The van der Waals surface area contributed by atoms with Crippen molar-refractivity contribution >= 4 is 53.3 Å². The van der Waals surface area contributed by atoms with E-state index < -0.39 is 0 Å². The van der Waals surface area contributed by atoms with E-state index in [1.165, 1.54) is 59.1 Å². The van der Waals surface area contributed by atoms with Crippen molar-refractivity contribution in [1.29, 1.82) is 0 Å². The minimum atomic E-state index is 0.145. The molecule has 1 aliphatic carbocycles. The van der Waals surface area contributed by atoms with Gasteiger partial charge in [-0.25, -0.2) is 4.98 Å². The maximum absolute atomic E-state index is 5.12. The van der Waals surface area contributed by atoms with E-state index in [1.807, 2.05) is 72.0 Å². The van der Waals surface area contributed by atoms with E-state index in [0.29, 0.717) is 17.6 Å². The van der Waals surface area contributed by atoms with Crippen LogP contribution in [0.3, 0.4) is 0 Å². The highest BCUT2D eigenvalue weighted by Crippen LogP contribution is 2.50. The number of para-hydroxylation sites is 1. The smallest absolute Gasteiger partial charge is 0.238 e. The number of thiophene rings is 1. The Bertz CT molecular complexity index is 3310. The van der Waals surface area contributed by atoms with Crippen LogP contribution < -0.4 is 0 Å². The summed E-state index contributed by atoms with van der Waals surface area (Å²) in [6.45, 7) is 0. The fourth-order valence-corrected chi connectivity index (χ4v) is 10.0. The average molecular weight is 745 g/mol. The van der Waals surface area contributed by atoms with Crippen LogP contribution in [0.1, 0.15) is 22.6 Å². The number of aromatic nitrogens is 4. The highest BCUT2D eigenvalue weighted by molar-refractivity contribution is 7.25. The Balaban J connectivity index is 1.02. The first kappa shape index (κ1) is 32.1. The predicted octanol–water partition coefficient (Wildman–Crippen LogP) is 13.5. The molecule has 1 atom stereocenters. The van der Waals surface area contributed by atoms with Gasteiger partial charge in [-0.3, -0.25) is 4.57 Å². The van der Waals surface area contributed by atoms with Crippen LogP contribution >= 0.6 is 11.3 Å². The molecule has 0 N–H and O–H groups in total. The largest absolute Gasteiger partial charge is 0.278 e. The molecule has 0 bridgehead atoms. The Kier molecular flexibility index (Phi) is 7.13. The van der Waals surface area contributed by atoms with Crippen LogP contribution in [0, 0.1) is 0 Å². The second-order valence-corrected chi connectivity index (χ2v) is 15.9. The van der Waals surface area contributed by atoms with E-state index in [4.69, 9.17) is 15.0 Å². The summed E-state index contributed by atoms with van der Waals surface area (Å²) in [4.78, 5) is 15.2. The molecule has 0 spiro atoms. The van der Waals surface area contributed by atoms with Crippen LogP contribution in [0.15, 0.2) is 188 Å². The normalized spacial score (nSPS) is 13.4. The van der Waals surface area contributed by atoms with E-state index in [1.54, 1.807) is 0 Å². The number of rotatable bonds is 5. The Morgan fingerprint density at radius 2 is 1.00 bits per heavy atom. The van der Waals surface area contributed by atoms with Gasteiger partial charge in [-0.05, 0) is 81.4 Å². The standard InChI is InChI=1S/C52H32N4S/c1-3-13-32(14-4-1)50-53-51(33-15-5-2-6-16-33)55-52(54-50)56-45-21-11-9-18-39(45)42-29-35(24-27-46(42)56)34-23-26-38-37-17-7-8-20-41(37)49(44(38)30-34)36-25-28-48-43(31-36)40-19-10-12-22-47(40)57-48/h1-31,49H. The quantitative estimate of drug-likeness (QED) is 0.176. The molecule has 11 aromatic rings. The first-order chi connectivity index (χ1) is 28.2. The summed E-state index contributed by atoms with van der Waals surface area (Å²) in [5.74, 6) is 2.02. The summed E-state index contributed by atoms with van der Waals surface area (Å²) < 4.78 is 4.85. The Morgan fingerprint density at radius 1 is 0.386 bits per heavy atom. The fraction of sp³-hybridized carbons (Fsp3) is 0.0192. The van der Waals surface area contributed by atoms with Gasteiger partial charge in [-0.2, -0.15) is 9.97 Å². The zero-order valence-corrected chi connectivity index (χ0v) is 31.5. The predicted molar refractivity (Wildman–Crippen MR) is 236 cm³/mol. The van der Waals surface area contributed by atoms with Crippen molar-refractivity contribution in [3.8, 4) is 51.0 Å². The van der Waals surface area contributed by atoms with E-state index in [9.17, 15) is 0 Å². The van der Waals surface area contributed by atoms with Gasteiger partial charge in [0.25, 0.3) is 0 Å². The highest BCUT2D eigenvalue weighted by Gasteiger charge is 2.30. The minimum Gasteiger partial charge on any atom is -0.278 e. The van der Waals surface area contributed by atoms with Crippen molar-refractivity contribution < 1.29 is 0 Å². The number of benzene rings is 8. The molecule has 266 valence electrons. The number of nitrogens with zero attached hydrogens (tertiary/aromatic N) is 4. The lowest BCUT2D eigenvalue weighted by Gasteiger charge is -2.16. The Hall–Kier alpha value is -7.21. The lowest BCUT2D eigenvalue weighted by Crippen LogP contribution is -2.06. The molecule has 0 amide bonds. The van der Waals surface area contributed by atoms with Gasteiger partial charge in [0.1, 0.15) is 0 Å². The molecule has 0 radical (unpaired) electrons. The summed E-state index contributed by atoms with van der Waals surface area (Å²) in [7, 11) is 0. The molecule has 8 aromatic carbocycles. The molecule has 1 unspecified atom stereocenters.